The SMILES string of the molecule is CC(=O)OC[C@H]1O[C@@H](n2c(OCc3ccccc3)nc3c(=O)[nH]c(N)nc32)[C@H](OC(C)=O)[C@H]1OC(C)=O. The summed E-state index contributed by atoms with van der Waals surface area (Å²) in [4.78, 5) is 58.8. The molecule has 4 rings (SSSR count). The molecule has 3 heterocycles. The summed E-state index contributed by atoms with van der Waals surface area (Å²) in [6, 6.07) is 9.06. The Kier molecular flexibility index (Phi) is 7.38. The number of ether oxygens (including phenoxy) is 5. The van der Waals surface area contributed by atoms with Gasteiger partial charge in [-0.05, 0) is 5.56 Å². The lowest BCUT2D eigenvalue weighted by molar-refractivity contribution is -0.166. The standard InChI is InChI=1S/C23H25N5O9/c1-11(29)33-10-15-17(35-12(2)30)18(36-13(3)31)21(37-15)28-19-16(20(32)27-22(24)26-19)25-23(28)34-9-14-7-5-4-6-8-14/h4-8,15,17-18,21H,9-10H2,1-3H3,(H3,24,26,27,32)/t15-,17+,18-,21-/m1/s1. The van der Waals surface area contributed by atoms with Crippen molar-refractivity contribution in [1.82, 2.24) is 19.5 Å². The number of nitrogens with one attached hydrogen (secondary N) is 1. The van der Waals surface area contributed by atoms with Crippen LogP contribution in [-0.2, 0) is 39.9 Å². The predicted octanol–water partition coefficient (Wildman–Crippen LogP) is 0.605. The summed E-state index contributed by atoms with van der Waals surface area (Å²) >= 11 is 0. The maximum Gasteiger partial charge on any atom is 0.303 e. The Morgan fingerprint density at radius 3 is 2.35 bits per heavy atom. The van der Waals surface area contributed by atoms with Crippen molar-refractivity contribution in [3.63, 3.8) is 0 Å². The van der Waals surface area contributed by atoms with Crippen molar-refractivity contribution < 1.29 is 38.1 Å². The molecule has 2 aromatic heterocycles. The number of carbonyl (C=O) groups excluding carboxylic acids is 3. The maximum atomic E-state index is 12.6. The van der Waals surface area contributed by atoms with Crippen LogP contribution in [0.1, 0.15) is 32.6 Å². The fourth-order valence-corrected chi connectivity index (χ4v) is 3.93. The molecule has 0 aliphatic carbocycles. The van der Waals surface area contributed by atoms with Crippen molar-refractivity contribution >= 4 is 35.0 Å². The molecule has 4 atom stereocenters. The van der Waals surface area contributed by atoms with Crippen molar-refractivity contribution in [2.45, 2.75) is 51.9 Å². The summed E-state index contributed by atoms with van der Waals surface area (Å²) in [6.45, 7) is 3.29. The van der Waals surface area contributed by atoms with E-state index in [-0.39, 0.29) is 36.3 Å². The highest BCUT2D eigenvalue weighted by molar-refractivity contribution is 5.73. The Morgan fingerprint density at radius 2 is 1.70 bits per heavy atom. The van der Waals surface area contributed by atoms with E-state index in [0.717, 1.165) is 5.56 Å². The second-order valence-electron chi connectivity index (χ2n) is 8.18. The molecule has 0 unspecified atom stereocenters. The summed E-state index contributed by atoms with van der Waals surface area (Å²) in [6.07, 6.45) is -4.72. The number of hydrogen-bond acceptors (Lipinski definition) is 12. The number of carbonyl (C=O) groups is 3. The third-order valence-corrected chi connectivity index (χ3v) is 5.34. The molecule has 3 aromatic rings. The minimum absolute atomic E-state index is 0.0267. The number of nitrogen functional groups attached to an aromatic ring is 1. The molecule has 0 spiro atoms. The van der Waals surface area contributed by atoms with Gasteiger partial charge >= 0.3 is 23.9 Å². The number of fused-ring (bicyclic) bond motifs is 1. The highest BCUT2D eigenvalue weighted by atomic mass is 16.7. The van der Waals surface area contributed by atoms with Gasteiger partial charge in [-0.25, -0.2) is 4.57 Å². The molecule has 14 heteroatoms. The van der Waals surface area contributed by atoms with E-state index < -0.39 is 48.0 Å². The molecule has 1 aliphatic heterocycles. The number of esters is 3. The first kappa shape index (κ1) is 25.6. The average Bonchev–Trinajstić information content (AvgIpc) is 3.34. The highest BCUT2D eigenvalue weighted by Gasteiger charge is 2.52. The zero-order chi connectivity index (χ0) is 26.7. The number of rotatable bonds is 8. The van der Waals surface area contributed by atoms with Crippen LogP contribution in [0.2, 0.25) is 0 Å². The Labute approximate surface area is 209 Å². The van der Waals surface area contributed by atoms with Gasteiger partial charge in [0.25, 0.3) is 5.56 Å². The van der Waals surface area contributed by atoms with Crippen LogP contribution < -0.4 is 16.0 Å². The minimum Gasteiger partial charge on any atom is -0.463 e. The van der Waals surface area contributed by atoms with Crippen molar-refractivity contribution in [2.24, 2.45) is 0 Å². The lowest BCUT2D eigenvalue weighted by Gasteiger charge is -2.24. The van der Waals surface area contributed by atoms with Gasteiger partial charge in [0.2, 0.25) is 5.95 Å². The van der Waals surface area contributed by atoms with Crippen molar-refractivity contribution in [1.29, 1.82) is 0 Å². The van der Waals surface area contributed by atoms with Crippen LogP contribution in [0.15, 0.2) is 35.1 Å². The third-order valence-electron chi connectivity index (χ3n) is 5.34. The van der Waals surface area contributed by atoms with Crippen LogP contribution in [0.3, 0.4) is 0 Å². The van der Waals surface area contributed by atoms with Crippen molar-refractivity contribution in [2.75, 3.05) is 12.3 Å². The largest absolute Gasteiger partial charge is 0.463 e. The predicted molar refractivity (Wildman–Crippen MR) is 125 cm³/mol. The van der Waals surface area contributed by atoms with E-state index in [1.165, 1.54) is 25.3 Å². The topological polar surface area (TPSA) is 187 Å². The summed E-state index contributed by atoms with van der Waals surface area (Å²) in [5.41, 5.74) is 5.80. The molecule has 1 aliphatic rings. The van der Waals surface area contributed by atoms with Gasteiger partial charge in [-0.3, -0.25) is 24.2 Å². The Morgan fingerprint density at radius 1 is 1.03 bits per heavy atom. The molecule has 14 nitrogen and oxygen atoms in total. The van der Waals surface area contributed by atoms with E-state index in [9.17, 15) is 19.2 Å². The molecule has 37 heavy (non-hydrogen) atoms. The van der Waals surface area contributed by atoms with Gasteiger partial charge in [0.1, 0.15) is 19.3 Å². The minimum atomic E-state index is -1.25. The number of nitrogens with two attached hydrogens (primary N) is 1. The summed E-state index contributed by atoms with van der Waals surface area (Å²) < 4.78 is 29.3. The molecule has 0 saturated carbocycles. The first-order chi connectivity index (χ1) is 17.6. The van der Waals surface area contributed by atoms with E-state index in [0.29, 0.717) is 0 Å². The zero-order valence-corrected chi connectivity index (χ0v) is 20.2. The second kappa shape index (κ2) is 10.7. The van der Waals surface area contributed by atoms with E-state index in [2.05, 4.69) is 15.0 Å². The summed E-state index contributed by atoms with van der Waals surface area (Å²) in [7, 11) is 0. The molecule has 1 fully saturated rings. The van der Waals surface area contributed by atoms with Gasteiger partial charge in [-0.1, -0.05) is 30.3 Å². The quantitative estimate of drug-likeness (QED) is 0.315. The van der Waals surface area contributed by atoms with Crippen LogP contribution in [0.4, 0.5) is 5.95 Å². The number of nitrogens with zero attached hydrogens (tertiary/aromatic N) is 3. The monoisotopic (exact) mass is 515 g/mol. The smallest absolute Gasteiger partial charge is 0.303 e. The van der Waals surface area contributed by atoms with E-state index in [4.69, 9.17) is 29.4 Å². The van der Waals surface area contributed by atoms with Crippen LogP contribution in [0, 0.1) is 0 Å². The lowest BCUT2D eigenvalue weighted by Crippen LogP contribution is -2.40. The number of benzene rings is 1. The number of aromatic amines is 1. The molecule has 196 valence electrons. The molecular formula is C23H25N5O9. The normalized spacial score (nSPS) is 20.9. The van der Waals surface area contributed by atoms with Crippen LogP contribution in [0.25, 0.3) is 11.2 Å². The zero-order valence-electron chi connectivity index (χ0n) is 20.2. The van der Waals surface area contributed by atoms with Crippen LogP contribution >= 0.6 is 0 Å². The number of H-pyrrole nitrogens is 1. The second-order valence-corrected chi connectivity index (χ2v) is 8.18. The lowest BCUT2D eigenvalue weighted by atomic mass is 10.1. The number of hydrogen-bond donors (Lipinski definition) is 2. The first-order valence-corrected chi connectivity index (χ1v) is 11.2. The highest BCUT2D eigenvalue weighted by Crippen LogP contribution is 2.38. The average molecular weight is 515 g/mol. The Bertz CT molecular complexity index is 1370. The summed E-state index contributed by atoms with van der Waals surface area (Å²) in [5, 5.41) is 0. The van der Waals surface area contributed by atoms with E-state index in [1.807, 2.05) is 30.3 Å². The molecular weight excluding hydrogens is 490 g/mol. The maximum absolute atomic E-state index is 12.6. The molecule has 1 aromatic carbocycles. The van der Waals surface area contributed by atoms with Gasteiger partial charge in [0.15, 0.2) is 29.6 Å². The van der Waals surface area contributed by atoms with Crippen molar-refractivity contribution in [3.8, 4) is 6.01 Å². The van der Waals surface area contributed by atoms with E-state index in [1.54, 1.807) is 0 Å². The van der Waals surface area contributed by atoms with E-state index >= 15 is 0 Å². The Balaban J connectivity index is 1.82. The molecule has 1 saturated heterocycles. The van der Waals surface area contributed by atoms with Crippen LogP contribution in [-0.4, -0.2) is 62.3 Å². The van der Waals surface area contributed by atoms with Gasteiger partial charge in [-0.15, -0.1) is 0 Å². The molecule has 0 amide bonds. The van der Waals surface area contributed by atoms with Gasteiger partial charge in [0.05, 0.1) is 0 Å². The van der Waals surface area contributed by atoms with Gasteiger partial charge in [-0.2, -0.15) is 9.97 Å². The van der Waals surface area contributed by atoms with Gasteiger partial charge < -0.3 is 29.4 Å². The van der Waals surface area contributed by atoms with Gasteiger partial charge in [0, 0.05) is 20.8 Å². The number of imidazole rings is 1. The number of aromatic nitrogens is 4. The molecule has 0 bridgehead atoms. The molecule has 0 radical (unpaired) electrons. The fraction of sp³-hybridized carbons (Fsp3) is 0.391. The molecule has 3 N–H and O–H groups in total. The third kappa shape index (κ3) is 5.69. The number of anilines is 1. The fourth-order valence-electron chi connectivity index (χ4n) is 3.93. The first-order valence-electron chi connectivity index (χ1n) is 11.2. The Hall–Kier alpha value is -4.46. The summed E-state index contributed by atoms with van der Waals surface area (Å²) in [5.74, 6) is -2.19. The van der Waals surface area contributed by atoms with Crippen molar-refractivity contribution in [3.05, 3.63) is 46.2 Å². The van der Waals surface area contributed by atoms with Crippen LogP contribution in [0.5, 0.6) is 6.01 Å².